The van der Waals surface area contributed by atoms with Gasteiger partial charge in [-0.1, -0.05) is 18.2 Å². The Bertz CT molecular complexity index is 701. The summed E-state index contributed by atoms with van der Waals surface area (Å²) in [5.74, 6) is 0.919. The van der Waals surface area contributed by atoms with E-state index in [4.69, 9.17) is 10.5 Å². The lowest BCUT2D eigenvalue weighted by atomic mass is 10.0. The molecule has 0 aliphatic carbocycles. The second-order valence-electron chi connectivity index (χ2n) is 5.98. The molecule has 1 unspecified atom stereocenters. The third-order valence-electron chi connectivity index (χ3n) is 4.42. The Morgan fingerprint density at radius 1 is 1.46 bits per heavy atom. The molecule has 1 amide bonds. The second-order valence-corrected chi connectivity index (χ2v) is 6.92. The van der Waals surface area contributed by atoms with Gasteiger partial charge in [-0.05, 0) is 37.4 Å². The molecule has 128 valence electrons. The van der Waals surface area contributed by atoms with Crippen molar-refractivity contribution in [2.75, 3.05) is 20.2 Å². The maximum absolute atomic E-state index is 12.8. The van der Waals surface area contributed by atoms with Crippen LogP contribution < -0.4 is 10.5 Å². The number of ether oxygens (including phenoxy) is 1. The van der Waals surface area contributed by atoms with E-state index in [0.29, 0.717) is 12.2 Å². The van der Waals surface area contributed by atoms with E-state index in [-0.39, 0.29) is 11.9 Å². The van der Waals surface area contributed by atoms with Gasteiger partial charge in [-0.15, -0.1) is 11.3 Å². The number of likely N-dealkylation sites (tertiary alicyclic amines) is 1. The molecule has 2 heterocycles. The van der Waals surface area contributed by atoms with Gasteiger partial charge in [-0.3, -0.25) is 4.79 Å². The molecule has 1 fully saturated rings. The molecule has 1 aliphatic heterocycles. The number of aromatic nitrogens is 1. The molecular weight excluding hydrogens is 322 g/mol. The highest BCUT2D eigenvalue weighted by Gasteiger charge is 2.31. The lowest BCUT2D eigenvalue weighted by Gasteiger charge is -2.24. The van der Waals surface area contributed by atoms with Crippen LogP contribution in [-0.4, -0.2) is 42.0 Å². The minimum atomic E-state index is 0.0342. The molecule has 6 heteroatoms. The molecule has 0 bridgehead atoms. The van der Waals surface area contributed by atoms with Gasteiger partial charge in [0.25, 0.3) is 5.91 Å². The Morgan fingerprint density at radius 3 is 3.08 bits per heavy atom. The third-order valence-corrected chi connectivity index (χ3v) is 5.32. The summed E-state index contributed by atoms with van der Waals surface area (Å²) in [5.41, 5.74) is 7.26. The smallest absolute Gasteiger partial charge is 0.273 e. The van der Waals surface area contributed by atoms with Crippen LogP contribution in [0, 0.1) is 0 Å². The molecule has 24 heavy (non-hydrogen) atoms. The molecule has 1 aromatic carbocycles. The molecule has 0 spiro atoms. The van der Waals surface area contributed by atoms with Crippen molar-refractivity contribution in [2.24, 2.45) is 5.73 Å². The average Bonchev–Trinajstić information content (AvgIpc) is 3.25. The highest BCUT2D eigenvalue weighted by atomic mass is 32.1. The number of amides is 1. The van der Waals surface area contributed by atoms with E-state index in [0.717, 1.165) is 48.5 Å². The number of rotatable bonds is 6. The Balaban J connectivity index is 1.73. The fraction of sp³-hybridized carbons (Fsp3) is 0.444. The van der Waals surface area contributed by atoms with Gasteiger partial charge in [0.2, 0.25) is 0 Å². The van der Waals surface area contributed by atoms with E-state index in [1.807, 2.05) is 28.5 Å². The number of nitrogens with two attached hydrogens (primary N) is 1. The van der Waals surface area contributed by atoms with Gasteiger partial charge in [0.15, 0.2) is 0 Å². The molecule has 0 radical (unpaired) electrons. The predicted octanol–water partition coefficient (Wildman–Crippen LogP) is 2.50. The molecule has 1 aliphatic rings. The van der Waals surface area contributed by atoms with Crippen molar-refractivity contribution in [3.05, 3.63) is 45.9 Å². The highest BCUT2D eigenvalue weighted by Crippen LogP contribution is 2.27. The van der Waals surface area contributed by atoms with Gasteiger partial charge < -0.3 is 15.4 Å². The predicted molar refractivity (Wildman–Crippen MR) is 95.6 cm³/mol. The summed E-state index contributed by atoms with van der Waals surface area (Å²) in [5, 5.41) is 2.78. The number of para-hydroxylation sites is 1. The monoisotopic (exact) mass is 345 g/mol. The second kappa shape index (κ2) is 7.77. The summed E-state index contributed by atoms with van der Waals surface area (Å²) in [4.78, 5) is 19.2. The van der Waals surface area contributed by atoms with Crippen molar-refractivity contribution >= 4 is 17.2 Å². The zero-order chi connectivity index (χ0) is 16.9. The average molecular weight is 345 g/mol. The molecular formula is C18H23N3O2S. The minimum Gasteiger partial charge on any atom is -0.496 e. The van der Waals surface area contributed by atoms with Gasteiger partial charge in [0, 0.05) is 24.4 Å². The maximum Gasteiger partial charge on any atom is 0.273 e. The molecule has 2 aromatic rings. The number of carbonyl (C=O) groups excluding carboxylic acids is 1. The molecule has 0 saturated carbocycles. The standard InChI is InChI=1S/C18H23N3O2S/c1-23-16-7-3-2-5-13(16)11-14-6-4-10-21(14)18(22)15-12-24-17(20-15)8-9-19/h2-3,5,7,12,14H,4,6,8-11,19H2,1H3. The third kappa shape index (κ3) is 3.60. The molecule has 3 rings (SSSR count). The quantitative estimate of drug-likeness (QED) is 0.873. The number of hydrogen-bond acceptors (Lipinski definition) is 5. The summed E-state index contributed by atoms with van der Waals surface area (Å²) >= 11 is 1.51. The Hall–Kier alpha value is -1.92. The van der Waals surface area contributed by atoms with Crippen molar-refractivity contribution in [2.45, 2.75) is 31.7 Å². The minimum absolute atomic E-state index is 0.0342. The summed E-state index contributed by atoms with van der Waals surface area (Å²) in [7, 11) is 1.69. The fourth-order valence-electron chi connectivity index (χ4n) is 3.24. The van der Waals surface area contributed by atoms with E-state index in [2.05, 4.69) is 11.1 Å². The van der Waals surface area contributed by atoms with Gasteiger partial charge >= 0.3 is 0 Å². The Kier molecular flexibility index (Phi) is 5.48. The lowest BCUT2D eigenvalue weighted by Crippen LogP contribution is -2.37. The number of methoxy groups -OCH3 is 1. The van der Waals surface area contributed by atoms with Crippen LogP contribution in [0.1, 0.15) is 33.9 Å². The van der Waals surface area contributed by atoms with E-state index in [1.54, 1.807) is 7.11 Å². The molecule has 1 saturated heterocycles. The highest BCUT2D eigenvalue weighted by molar-refractivity contribution is 7.09. The van der Waals surface area contributed by atoms with Gasteiger partial charge in [-0.25, -0.2) is 4.98 Å². The first-order valence-corrected chi connectivity index (χ1v) is 9.18. The summed E-state index contributed by atoms with van der Waals surface area (Å²) in [6.45, 7) is 1.35. The van der Waals surface area contributed by atoms with Crippen molar-refractivity contribution in [3.63, 3.8) is 0 Å². The molecule has 5 nitrogen and oxygen atoms in total. The van der Waals surface area contributed by atoms with Crippen LogP contribution in [0.4, 0.5) is 0 Å². The van der Waals surface area contributed by atoms with Crippen molar-refractivity contribution in [1.82, 2.24) is 9.88 Å². The number of thiazole rings is 1. The molecule has 1 atom stereocenters. The van der Waals surface area contributed by atoms with Crippen molar-refractivity contribution in [1.29, 1.82) is 0 Å². The van der Waals surface area contributed by atoms with Crippen LogP contribution in [-0.2, 0) is 12.8 Å². The zero-order valence-electron chi connectivity index (χ0n) is 13.9. The first kappa shape index (κ1) is 16.9. The molecule has 1 aromatic heterocycles. The van der Waals surface area contributed by atoms with Gasteiger partial charge in [0.05, 0.1) is 12.1 Å². The first-order valence-electron chi connectivity index (χ1n) is 8.30. The summed E-state index contributed by atoms with van der Waals surface area (Å²) < 4.78 is 5.44. The fourth-order valence-corrected chi connectivity index (χ4v) is 4.02. The topological polar surface area (TPSA) is 68.5 Å². The van der Waals surface area contributed by atoms with Crippen molar-refractivity contribution in [3.8, 4) is 5.75 Å². The van der Waals surface area contributed by atoms with E-state index in [9.17, 15) is 4.79 Å². The normalized spacial score (nSPS) is 17.2. The maximum atomic E-state index is 12.8. The van der Waals surface area contributed by atoms with E-state index >= 15 is 0 Å². The molecule has 2 N–H and O–H groups in total. The number of benzene rings is 1. The van der Waals surface area contributed by atoms with E-state index in [1.165, 1.54) is 11.3 Å². The largest absolute Gasteiger partial charge is 0.496 e. The van der Waals surface area contributed by atoms with Crippen LogP contribution >= 0.6 is 11.3 Å². The SMILES string of the molecule is COc1ccccc1CC1CCCN1C(=O)c1csc(CCN)n1. The van der Waals surface area contributed by atoms with Crippen LogP contribution in [0.3, 0.4) is 0 Å². The summed E-state index contributed by atoms with van der Waals surface area (Å²) in [6.07, 6.45) is 3.59. The van der Waals surface area contributed by atoms with Crippen LogP contribution in [0.2, 0.25) is 0 Å². The number of carbonyl (C=O) groups is 1. The van der Waals surface area contributed by atoms with Gasteiger partial charge in [0.1, 0.15) is 11.4 Å². The number of nitrogens with zero attached hydrogens (tertiary/aromatic N) is 2. The van der Waals surface area contributed by atoms with Crippen LogP contribution in [0.5, 0.6) is 5.75 Å². The Morgan fingerprint density at radius 2 is 2.29 bits per heavy atom. The lowest BCUT2D eigenvalue weighted by molar-refractivity contribution is 0.0730. The Labute approximate surface area is 146 Å². The first-order chi connectivity index (χ1) is 11.7. The van der Waals surface area contributed by atoms with Crippen LogP contribution in [0.15, 0.2) is 29.6 Å². The van der Waals surface area contributed by atoms with Gasteiger partial charge in [-0.2, -0.15) is 0 Å². The zero-order valence-corrected chi connectivity index (χ0v) is 14.7. The van der Waals surface area contributed by atoms with E-state index < -0.39 is 0 Å². The number of hydrogen-bond donors (Lipinski definition) is 1. The van der Waals surface area contributed by atoms with Crippen molar-refractivity contribution < 1.29 is 9.53 Å². The summed E-state index contributed by atoms with van der Waals surface area (Å²) in [6, 6.07) is 8.22. The van der Waals surface area contributed by atoms with Crippen LogP contribution in [0.25, 0.3) is 0 Å².